The van der Waals surface area contributed by atoms with E-state index in [0.717, 1.165) is 41.6 Å². The van der Waals surface area contributed by atoms with Gasteiger partial charge in [-0.3, -0.25) is 0 Å². The molecule has 362 valence electrons. The van der Waals surface area contributed by atoms with Crippen LogP contribution in [0.15, 0.2) is 114 Å². The van der Waals surface area contributed by atoms with Crippen LogP contribution < -0.4 is 5.32 Å². The third kappa shape index (κ3) is 23.8. The number of nitrogens with one attached hydrogen (secondary N) is 1. The number of allylic oxidation sites excluding steroid dienone is 10. The first kappa shape index (κ1) is 58.2. The number of carbonyl (C=O) groups excluding carboxylic acids is 3. The molecule has 0 aliphatic carbocycles. The lowest BCUT2D eigenvalue weighted by atomic mass is 9.92. The molecule has 1 rings (SSSR count). The van der Waals surface area contributed by atoms with Gasteiger partial charge < -0.3 is 34.1 Å². The first-order chi connectivity index (χ1) is 30.5. The van der Waals surface area contributed by atoms with E-state index in [2.05, 4.69) is 24.6 Å². The molecule has 0 radical (unpaired) electrons. The van der Waals surface area contributed by atoms with Crippen molar-refractivity contribution in [2.45, 2.75) is 151 Å². The van der Waals surface area contributed by atoms with Crippen LogP contribution in [0.3, 0.4) is 0 Å². The summed E-state index contributed by atoms with van der Waals surface area (Å²) >= 11 is 1.35. The molecule has 11 nitrogen and oxygen atoms in total. The SMILES string of the molecule is C=CCCC/C=C/C=C(\C)[C@@H](OC)[C@@H](C)[C@H](O)/C=C/C(C)=C\C(C)=C/[C@H](C)[C@@H](/C=C(\C)C/C=C/C(=O)O[C@H](c1csc([C@H](CC(C)C)OC(=O)NC)n1)[C@@H](C)C=C)OC(=O)OC(C)(C)C. The van der Waals surface area contributed by atoms with Crippen LogP contribution in [0.1, 0.15) is 138 Å². The number of thiazole rings is 1. The number of esters is 1. The molecule has 0 unspecified atom stereocenters. The van der Waals surface area contributed by atoms with Crippen molar-refractivity contribution in [3.63, 3.8) is 0 Å². The number of amides is 1. The minimum atomic E-state index is -0.788. The molecule has 0 aromatic carbocycles. The van der Waals surface area contributed by atoms with E-state index in [1.54, 1.807) is 46.1 Å². The monoisotopic (exact) mass is 921 g/mol. The molecule has 0 saturated heterocycles. The number of hydrogen-bond acceptors (Lipinski definition) is 11. The first-order valence-corrected chi connectivity index (χ1v) is 23.5. The summed E-state index contributed by atoms with van der Waals surface area (Å²) in [4.78, 5) is 42.9. The van der Waals surface area contributed by atoms with E-state index in [4.69, 9.17) is 28.7 Å². The van der Waals surface area contributed by atoms with E-state index >= 15 is 0 Å². The van der Waals surface area contributed by atoms with Gasteiger partial charge in [-0.2, -0.15) is 0 Å². The molecule has 8 atom stereocenters. The Hall–Kier alpha value is -4.78. The highest BCUT2D eigenvalue weighted by Crippen LogP contribution is 2.34. The van der Waals surface area contributed by atoms with Gasteiger partial charge in [0, 0.05) is 43.4 Å². The van der Waals surface area contributed by atoms with Gasteiger partial charge in [-0.15, -0.1) is 24.5 Å². The highest BCUT2D eigenvalue weighted by molar-refractivity contribution is 7.09. The number of aromatic nitrogens is 1. The molecule has 65 heavy (non-hydrogen) atoms. The van der Waals surface area contributed by atoms with Gasteiger partial charge >= 0.3 is 18.2 Å². The molecule has 1 amide bonds. The first-order valence-electron chi connectivity index (χ1n) is 22.7. The number of aliphatic hydroxyl groups is 1. The Morgan fingerprint density at radius 2 is 1.62 bits per heavy atom. The summed E-state index contributed by atoms with van der Waals surface area (Å²) in [6, 6.07) is 0. The molecule has 1 heterocycles. The predicted molar refractivity (Wildman–Crippen MR) is 265 cm³/mol. The molecule has 1 aromatic heterocycles. The number of hydrogen-bond donors (Lipinski definition) is 2. The quantitative estimate of drug-likeness (QED) is 0.0219. The summed E-state index contributed by atoms with van der Waals surface area (Å²) in [5, 5.41) is 16.0. The second kappa shape index (κ2) is 30.4. The number of nitrogens with zero attached hydrogens (tertiary/aromatic N) is 1. The summed E-state index contributed by atoms with van der Waals surface area (Å²) in [6.45, 7) is 30.7. The third-order valence-corrected chi connectivity index (χ3v) is 11.1. The summed E-state index contributed by atoms with van der Waals surface area (Å²) < 4.78 is 28.7. The van der Waals surface area contributed by atoms with Crippen LogP contribution in [-0.4, -0.2) is 66.4 Å². The lowest BCUT2D eigenvalue weighted by Crippen LogP contribution is -2.30. The van der Waals surface area contributed by atoms with Crippen LogP contribution in [0.25, 0.3) is 0 Å². The standard InChI is InChI=1S/C53H80N2O9S/c1-17-19-20-21-22-23-26-40(9)48(60-16)42(11)44(56)29-28-37(6)31-38(7)32-41(10)45(62-52(59)64-53(12,13)14)33-36(5)25-24-27-47(57)63-49(39(8)18-2)43-34-65-50(55-43)46(30-35(3)4)61-51(58)54-15/h17-18,22-24,26-29,31-35,39,41-42,44-46,48-49,56H,1-2,19-21,25,30H2,3-16H3,(H,54,58)/b23-22+,27-24+,29-28+,36-33+,37-31-,38-32-,40-26+/t39-,41-,42-,44+,45+,46-,48+,49-/m0/s1. The smallest absolute Gasteiger partial charge is 0.452 e. The fraction of sp³-hybridized carbons (Fsp3) is 0.547. The Morgan fingerprint density at radius 3 is 2.22 bits per heavy atom. The van der Waals surface area contributed by atoms with E-state index in [-0.39, 0.29) is 29.8 Å². The lowest BCUT2D eigenvalue weighted by Gasteiger charge is -2.26. The van der Waals surface area contributed by atoms with Crippen LogP contribution in [0.5, 0.6) is 0 Å². The van der Waals surface area contributed by atoms with Crippen molar-refractivity contribution in [3.05, 3.63) is 124 Å². The molecule has 0 bridgehead atoms. The molecule has 0 saturated carbocycles. The Balaban J connectivity index is 3.21. The molecule has 2 N–H and O–H groups in total. The van der Waals surface area contributed by atoms with Crippen LogP contribution in [0, 0.1) is 23.7 Å². The molecule has 0 aliphatic heterocycles. The normalized spacial score (nSPS) is 17.0. The van der Waals surface area contributed by atoms with Crippen molar-refractivity contribution in [3.8, 4) is 0 Å². The molecule has 1 aromatic rings. The van der Waals surface area contributed by atoms with Gasteiger partial charge in [-0.1, -0.05) is 112 Å². The maximum Gasteiger partial charge on any atom is 0.509 e. The molecule has 12 heteroatoms. The molecular formula is C53H80N2O9S. The van der Waals surface area contributed by atoms with E-state index in [1.807, 2.05) is 110 Å². The minimum absolute atomic E-state index is 0.186. The average Bonchev–Trinajstić information content (AvgIpc) is 3.71. The second-order valence-electron chi connectivity index (χ2n) is 18.1. The zero-order chi connectivity index (χ0) is 49.3. The van der Waals surface area contributed by atoms with Crippen molar-refractivity contribution in [1.29, 1.82) is 0 Å². The summed E-state index contributed by atoms with van der Waals surface area (Å²) in [5.41, 5.74) is 3.55. The third-order valence-electron chi connectivity index (χ3n) is 10.2. The number of alkyl carbamates (subject to hydrolysis) is 1. The van der Waals surface area contributed by atoms with Crippen LogP contribution in [-0.2, 0) is 28.5 Å². The van der Waals surface area contributed by atoms with Crippen molar-refractivity contribution < 1.29 is 43.2 Å². The van der Waals surface area contributed by atoms with Crippen molar-refractivity contribution in [2.24, 2.45) is 23.7 Å². The zero-order valence-electron chi connectivity index (χ0n) is 41.7. The maximum atomic E-state index is 13.2. The van der Waals surface area contributed by atoms with Gasteiger partial charge in [-0.25, -0.2) is 19.4 Å². The highest BCUT2D eigenvalue weighted by Gasteiger charge is 2.28. The number of carbonyl (C=O) groups is 3. The Morgan fingerprint density at radius 1 is 0.923 bits per heavy atom. The summed E-state index contributed by atoms with van der Waals surface area (Å²) in [5.74, 6) is -1.00. The van der Waals surface area contributed by atoms with Gasteiger partial charge in [0.2, 0.25) is 0 Å². The molecule has 0 fully saturated rings. The number of rotatable bonds is 27. The van der Waals surface area contributed by atoms with Crippen LogP contribution in [0.2, 0.25) is 0 Å². The van der Waals surface area contributed by atoms with Crippen molar-refractivity contribution in [2.75, 3.05) is 14.2 Å². The molecule has 0 spiro atoms. The minimum Gasteiger partial charge on any atom is -0.452 e. The Bertz CT molecular complexity index is 1880. The van der Waals surface area contributed by atoms with E-state index < -0.39 is 48.2 Å². The van der Waals surface area contributed by atoms with Gasteiger partial charge in [0.1, 0.15) is 16.7 Å². The number of unbranched alkanes of at least 4 members (excludes halogenated alkanes) is 2. The Kier molecular flexibility index (Phi) is 27.3. The second-order valence-corrected chi connectivity index (χ2v) is 19.0. The van der Waals surface area contributed by atoms with Crippen LogP contribution >= 0.6 is 11.3 Å². The fourth-order valence-corrected chi connectivity index (χ4v) is 7.55. The van der Waals surface area contributed by atoms with E-state index in [9.17, 15) is 19.5 Å². The lowest BCUT2D eigenvalue weighted by molar-refractivity contribution is -0.145. The topological polar surface area (TPSA) is 143 Å². The Labute approximate surface area is 395 Å². The van der Waals surface area contributed by atoms with Gasteiger partial charge in [0.25, 0.3) is 0 Å². The molecule has 0 aliphatic rings. The predicted octanol–water partition coefficient (Wildman–Crippen LogP) is 13.2. The zero-order valence-corrected chi connectivity index (χ0v) is 42.5. The summed E-state index contributed by atoms with van der Waals surface area (Å²) in [7, 11) is 3.17. The van der Waals surface area contributed by atoms with Gasteiger partial charge in [-0.05, 0) is 98.1 Å². The van der Waals surface area contributed by atoms with E-state index in [1.165, 1.54) is 24.5 Å². The fourth-order valence-electron chi connectivity index (χ4n) is 6.66. The highest BCUT2D eigenvalue weighted by atomic mass is 32.1. The number of aliphatic hydroxyl groups excluding tert-OH is 1. The number of methoxy groups -OCH3 is 1. The summed E-state index contributed by atoms with van der Waals surface area (Å²) in [6.07, 6.45) is 22.2. The maximum absolute atomic E-state index is 13.2. The number of ether oxygens (including phenoxy) is 5. The van der Waals surface area contributed by atoms with Crippen LogP contribution in [0.4, 0.5) is 9.59 Å². The largest absolute Gasteiger partial charge is 0.509 e. The molecular weight excluding hydrogens is 841 g/mol. The van der Waals surface area contributed by atoms with Gasteiger partial charge in [0.05, 0.1) is 17.9 Å². The van der Waals surface area contributed by atoms with E-state index in [0.29, 0.717) is 23.5 Å². The van der Waals surface area contributed by atoms with Crippen molar-refractivity contribution >= 4 is 29.6 Å². The average molecular weight is 921 g/mol. The van der Waals surface area contributed by atoms with Gasteiger partial charge in [0.15, 0.2) is 12.2 Å². The van der Waals surface area contributed by atoms with Crippen molar-refractivity contribution in [1.82, 2.24) is 10.3 Å².